The average molecular weight is 410 g/mol. The number of amides is 1. The van der Waals surface area contributed by atoms with Crippen molar-refractivity contribution in [3.8, 4) is 22.8 Å². The first kappa shape index (κ1) is 20.9. The van der Waals surface area contributed by atoms with Crippen LogP contribution in [-0.4, -0.2) is 42.3 Å². The van der Waals surface area contributed by atoms with Crippen LogP contribution in [0, 0.1) is 13.8 Å². The molecule has 0 aliphatic carbocycles. The van der Waals surface area contributed by atoms with Gasteiger partial charge in [-0.25, -0.2) is 0 Å². The topological polar surface area (TPSA) is 121 Å². The van der Waals surface area contributed by atoms with Crippen molar-refractivity contribution in [2.24, 2.45) is 4.99 Å². The van der Waals surface area contributed by atoms with E-state index in [4.69, 9.17) is 14.3 Å². The summed E-state index contributed by atoms with van der Waals surface area (Å²) in [6.45, 7) is 3.19. The Morgan fingerprint density at radius 3 is 2.63 bits per heavy atom. The lowest BCUT2D eigenvalue weighted by molar-refractivity contribution is -0.137. The fourth-order valence-corrected chi connectivity index (χ4v) is 3.11. The minimum Gasteiger partial charge on any atom is -0.504 e. The second kappa shape index (κ2) is 8.69. The minimum absolute atomic E-state index is 0.00820. The van der Waals surface area contributed by atoms with E-state index in [2.05, 4.69) is 10.3 Å². The molecule has 156 valence electrons. The van der Waals surface area contributed by atoms with Gasteiger partial charge in [-0.05, 0) is 49.2 Å². The van der Waals surface area contributed by atoms with E-state index in [1.54, 1.807) is 18.2 Å². The summed E-state index contributed by atoms with van der Waals surface area (Å²) >= 11 is 0. The number of hydrogen-bond acceptors (Lipinski definition) is 6. The summed E-state index contributed by atoms with van der Waals surface area (Å²) in [7, 11) is 1.46. The van der Waals surface area contributed by atoms with Crippen LogP contribution in [0.1, 0.15) is 11.1 Å². The Kier molecular flexibility index (Phi) is 6.06. The number of ether oxygens (including phenoxy) is 1. The number of carbonyl (C=O) groups excluding carboxylic acids is 1. The number of aromatic hydroxyl groups is 1. The Balaban J connectivity index is 2.13. The molecule has 8 heteroatoms. The molecule has 0 fully saturated rings. The summed E-state index contributed by atoms with van der Waals surface area (Å²) in [5, 5.41) is 22.1. The van der Waals surface area contributed by atoms with Gasteiger partial charge in [0.25, 0.3) is 0 Å². The van der Waals surface area contributed by atoms with Gasteiger partial charge in [-0.2, -0.15) is 0 Å². The summed E-state index contributed by atoms with van der Waals surface area (Å²) in [5.74, 6) is -0.827. The third-order valence-electron chi connectivity index (χ3n) is 4.47. The Bertz CT molecular complexity index is 1200. The van der Waals surface area contributed by atoms with Crippen molar-refractivity contribution in [1.29, 1.82) is 0 Å². The van der Waals surface area contributed by atoms with Crippen LogP contribution in [0.5, 0.6) is 11.5 Å². The van der Waals surface area contributed by atoms with Crippen molar-refractivity contribution in [3.05, 3.63) is 52.9 Å². The molecule has 0 unspecified atom stereocenters. The number of nitrogens with zero attached hydrogens (tertiary/aromatic N) is 1. The summed E-state index contributed by atoms with van der Waals surface area (Å²) < 4.78 is 11.3. The van der Waals surface area contributed by atoms with Gasteiger partial charge < -0.3 is 24.7 Å². The number of phenolic OH excluding ortho intramolecular Hbond substituents is 1. The van der Waals surface area contributed by atoms with Gasteiger partial charge in [-0.15, -0.1) is 0 Å². The van der Waals surface area contributed by atoms with Gasteiger partial charge in [0, 0.05) is 17.0 Å². The highest BCUT2D eigenvalue weighted by Crippen LogP contribution is 2.32. The zero-order valence-corrected chi connectivity index (χ0v) is 16.9. The number of methoxy groups -OCH3 is 1. The highest BCUT2D eigenvalue weighted by molar-refractivity contribution is 5.84. The Morgan fingerprint density at radius 2 is 1.93 bits per heavy atom. The lowest BCUT2D eigenvalue weighted by Crippen LogP contribution is -2.31. The number of aliphatic carboxylic acids is 1. The molecule has 0 radical (unpaired) electrons. The zero-order valence-electron chi connectivity index (χ0n) is 16.9. The van der Waals surface area contributed by atoms with E-state index in [1.165, 1.54) is 13.2 Å². The number of benzene rings is 2. The number of fused-ring (bicyclic) bond motifs is 1. The monoisotopic (exact) mass is 410 g/mol. The number of carbonyl (C=O) groups is 2. The van der Waals surface area contributed by atoms with Crippen LogP contribution >= 0.6 is 0 Å². The highest BCUT2D eigenvalue weighted by atomic mass is 16.5. The first-order valence-corrected chi connectivity index (χ1v) is 9.20. The van der Waals surface area contributed by atoms with Crippen molar-refractivity contribution >= 4 is 22.8 Å². The van der Waals surface area contributed by atoms with Crippen LogP contribution in [0.3, 0.4) is 0 Å². The van der Waals surface area contributed by atoms with Gasteiger partial charge >= 0.3 is 5.97 Å². The number of carboxylic acid groups (broad SMARTS) is 1. The normalized spacial score (nSPS) is 11.5. The lowest BCUT2D eigenvalue weighted by Gasteiger charge is -2.10. The third kappa shape index (κ3) is 4.60. The Hall–Kier alpha value is -3.81. The minimum atomic E-state index is -1.12. The van der Waals surface area contributed by atoms with Gasteiger partial charge in [-0.1, -0.05) is 6.07 Å². The van der Waals surface area contributed by atoms with Crippen LogP contribution in [-0.2, 0) is 9.59 Å². The quantitative estimate of drug-likeness (QED) is 0.574. The SMILES string of the molecule is COc1cc(-c2cc(=NCC(=O)NCC(=O)O)c3cc(C)cc(C)c3o2)ccc1O. The Labute approximate surface area is 172 Å². The summed E-state index contributed by atoms with van der Waals surface area (Å²) in [6, 6.07) is 10.4. The predicted molar refractivity (Wildman–Crippen MR) is 110 cm³/mol. The van der Waals surface area contributed by atoms with Gasteiger partial charge in [0.05, 0.1) is 12.5 Å². The molecule has 0 saturated carbocycles. The molecule has 0 aliphatic rings. The van der Waals surface area contributed by atoms with Crippen molar-refractivity contribution in [1.82, 2.24) is 5.32 Å². The number of rotatable bonds is 6. The summed E-state index contributed by atoms with van der Waals surface area (Å²) in [6.07, 6.45) is 0. The molecule has 8 nitrogen and oxygen atoms in total. The molecule has 0 aliphatic heterocycles. The molecule has 1 amide bonds. The van der Waals surface area contributed by atoms with E-state index in [0.717, 1.165) is 16.5 Å². The van der Waals surface area contributed by atoms with Crippen molar-refractivity contribution in [2.75, 3.05) is 20.2 Å². The van der Waals surface area contributed by atoms with E-state index in [0.29, 0.717) is 28.0 Å². The second-order valence-electron chi connectivity index (χ2n) is 6.83. The van der Waals surface area contributed by atoms with E-state index in [9.17, 15) is 14.7 Å². The average Bonchev–Trinajstić information content (AvgIpc) is 2.71. The molecule has 3 rings (SSSR count). The fraction of sp³-hybridized carbons (Fsp3) is 0.227. The van der Waals surface area contributed by atoms with Crippen LogP contribution in [0.15, 0.2) is 45.8 Å². The van der Waals surface area contributed by atoms with E-state index in [-0.39, 0.29) is 12.3 Å². The molecular formula is C22H22N2O6. The van der Waals surface area contributed by atoms with Crippen molar-refractivity contribution < 1.29 is 29.0 Å². The highest BCUT2D eigenvalue weighted by Gasteiger charge is 2.12. The second-order valence-corrected chi connectivity index (χ2v) is 6.83. The maximum atomic E-state index is 11.9. The molecule has 30 heavy (non-hydrogen) atoms. The van der Waals surface area contributed by atoms with Gasteiger partial charge in [0.1, 0.15) is 24.4 Å². The van der Waals surface area contributed by atoms with E-state index >= 15 is 0 Å². The third-order valence-corrected chi connectivity index (χ3v) is 4.47. The molecule has 0 spiro atoms. The largest absolute Gasteiger partial charge is 0.504 e. The van der Waals surface area contributed by atoms with E-state index < -0.39 is 18.4 Å². The smallest absolute Gasteiger partial charge is 0.322 e. The number of aryl methyl sites for hydroxylation is 2. The molecule has 0 saturated heterocycles. The maximum absolute atomic E-state index is 11.9. The molecule has 0 bridgehead atoms. The fourth-order valence-electron chi connectivity index (χ4n) is 3.11. The molecule has 0 atom stereocenters. The molecule has 2 aromatic carbocycles. The maximum Gasteiger partial charge on any atom is 0.322 e. The molecule has 3 aromatic rings. The molecule has 1 heterocycles. The van der Waals surface area contributed by atoms with Crippen molar-refractivity contribution in [3.63, 3.8) is 0 Å². The van der Waals surface area contributed by atoms with Crippen LogP contribution in [0.4, 0.5) is 0 Å². The van der Waals surface area contributed by atoms with Gasteiger partial charge in [-0.3, -0.25) is 14.6 Å². The summed E-state index contributed by atoms with van der Waals surface area (Å²) in [5.41, 5.74) is 3.21. The molecular weight excluding hydrogens is 388 g/mol. The number of nitrogens with one attached hydrogen (secondary N) is 1. The molecule has 1 aromatic heterocycles. The number of carboxylic acids is 1. The predicted octanol–water partition coefficient (Wildman–Crippen LogP) is 2.53. The molecule has 3 N–H and O–H groups in total. The first-order valence-electron chi connectivity index (χ1n) is 9.20. The van der Waals surface area contributed by atoms with Crippen LogP contribution < -0.4 is 15.4 Å². The lowest BCUT2D eigenvalue weighted by atomic mass is 10.1. The number of phenols is 1. The first-order chi connectivity index (χ1) is 14.3. The Morgan fingerprint density at radius 1 is 1.17 bits per heavy atom. The zero-order chi connectivity index (χ0) is 21.8. The standard InChI is InChI=1S/C22H22N2O6/c1-12-6-13(2)22-15(7-12)16(23-10-20(26)24-11-21(27)28)9-18(30-22)14-4-5-17(25)19(8-14)29-3/h4-9,25H,10-11H2,1-3H3,(H,24,26)(H,27,28). The van der Waals surface area contributed by atoms with E-state index in [1.807, 2.05) is 26.0 Å². The van der Waals surface area contributed by atoms with Gasteiger partial charge in [0.2, 0.25) is 5.91 Å². The van der Waals surface area contributed by atoms with Gasteiger partial charge in [0.15, 0.2) is 11.5 Å². The van der Waals surface area contributed by atoms with Crippen LogP contribution in [0.2, 0.25) is 0 Å². The summed E-state index contributed by atoms with van der Waals surface area (Å²) in [4.78, 5) is 26.9. The number of hydrogen-bond donors (Lipinski definition) is 3. The van der Waals surface area contributed by atoms with Crippen LogP contribution in [0.25, 0.3) is 22.3 Å². The van der Waals surface area contributed by atoms with Crippen molar-refractivity contribution in [2.45, 2.75) is 13.8 Å².